The highest BCUT2D eigenvalue weighted by molar-refractivity contribution is 7.89. The van der Waals surface area contributed by atoms with E-state index < -0.39 is 10.0 Å². The van der Waals surface area contributed by atoms with Crippen LogP contribution in [0.3, 0.4) is 0 Å². The monoisotopic (exact) mass is 479 g/mol. The SMILES string of the molecule is COc1ccc(OC)c(S(=O)(=O)N2CCN(C(=O)CN(c3ccc(F)cc3)C(C)C)CC2)c1. The van der Waals surface area contributed by atoms with Gasteiger partial charge in [-0.25, -0.2) is 12.8 Å². The van der Waals surface area contributed by atoms with E-state index in [1.54, 1.807) is 29.2 Å². The lowest BCUT2D eigenvalue weighted by molar-refractivity contribution is -0.130. The maximum atomic E-state index is 13.3. The van der Waals surface area contributed by atoms with Crippen molar-refractivity contribution in [3.05, 3.63) is 48.3 Å². The Hall–Kier alpha value is -2.85. The Kier molecular flexibility index (Phi) is 7.80. The van der Waals surface area contributed by atoms with Gasteiger partial charge in [-0.05, 0) is 50.2 Å². The van der Waals surface area contributed by atoms with Crippen LogP contribution in [0.5, 0.6) is 11.5 Å². The maximum absolute atomic E-state index is 13.3. The molecule has 8 nitrogen and oxygen atoms in total. The average Bonchev–Trinajstić information content (AvgIpc) is 2.82. The van der Waals surface area contributed by atoms with Crippen LogP contribution in [0.25, 0.3) is 0 Å². The Bertz CT molecular complexity index is 1070. The van der Waals surface area contributed by atoms with Crippen molar-refractivity contribution in [2.75, 3.05) is 51.8 Å². The summed E-state index contributed by atoms with van der Waals surface area (Å²) in [5.41, 5.74) is 0.756. The van der Waals surface area contributed by atoms with E-state index >= 15 is 0 Å². The van der Waals surface area contributed by atoms with Gasteiger partial charge in [-0.2, -0.15) is 4.31 Å². The fourth-order valence-corrected chi connectivity index (χ4v) is 5.35. The Labute approximate surface area is 194 Å². The minimum absolute atomic E-state index is 0.0293. The standard InChI is InChI=1S/C23H30FN3O5S/c1-17(2)27(19-7-5-18(24)6-8-19)16-23(28)25-11-13-26(14-12-25)33(29,30)22-15-20(31-3)9-10-21(22)32-4/h5-10,15,17H,11-14,16H2,1-4H3. The molecule has 2 aromatic rings. The molecule has 1 amide bonds. The smallest absolute Gasteiger partial charge is 0.247 e. The van der Waals surface area contributed by atoms with Crippen LogP contribution in [-0.4, -0.2) is 76.5 Å². The summed E-state index contributed by atoms with van der Waals surface area (Å²) >= 11 is 0. The van der Waals surface area contributed by atoms with Gasteiger partial charge in [0.2, 0.25) is 15.9 Å². The summed E-state index contributed by atoms with van der Waals surface area (Å²) in [5.74, 6) is 0.210. The van der Waals surface area contributed by atoms with Crippen LogP contribution >= 0.6 is 0 Å². The highest BCUT2D eigenvalue weighted by Crippen LogP contribution is 2.31. The molecule has 1 aliphatic rings. The van der Waals surface area contributed by atoms with E-state index in [2.05, 4.69) is 0 Å². The summed E-state index contributed by atoms with van der Waals surface area (Å²) in [7, 11) is -0.943. The lowest BCUT2D eigenvalue weighted by Gasteiger charge is -2.36. The molecule has 1 saturated heterocycles. The summed E-state index contributed by atoms with van der Waals surface area (Å²) in [6, 6.07) is 10.7. The number of hydrogen-bond donors (Lipinski definition) is 0. The fourth-order valence-electron chi connectivity index (χ4n) is 3.75. The molecule has 0 radical (unpaired) electrons. The van der Waals surface area contributed by atoms with Crippen molar-refractivity contribution in [3.63, 3.8) is 0 Å². The highest BCUT2D eigenvalue weighted by atomic mass is 32.2. The number of sulfonamides is 1. The van der Waals surface area contributed by atoms with E-state index in [1.807, 2.05) is 18.7 Å². The molecule has 1 heterocycles. The number of amides is 1. The third-order valence-corrected chi connectivity index (χ3v) is 7.59. The van der Waals surface area contributed by atoms with Gasteiger partial charge in [-0.1, -0.05) is 0 Å². The number of benzene rings is 2. The molecule has 0 bridgehead atoms. The van der Waals surface area contributed by atoms with Gasteiger partial charge in [0.25, 0.3) is 0 Å². The lowest BCUT2D eigenvalue weighted by Crippen LogP contribution is -2.53. The summed E-state index contributed by atoms with van der Waals surface area (Å²) in [4.78, 5) is 16.6. The molecule has 180 valence electrons. The van der Waals surface area contributed by atoms with Gasteiger partial charge in [-0.3, -0.25) is 4.79 Å². The molecular formula is C23H30FN3O5S. The molecule has 33 heavy (non-hydrogen) atoms. The highest BCUT2D eigenvalue weighted by Gasteiger charge is 2.33. The second kappa shape index (κ2) is 10.4. The van der Waals surface area contributed by atoms with Crippen LogP contribution in [-0.2, 0) is 14.8 Å². The zero-order valence-corrected chi connectivity index (χ0v) is 20.1. The number of methoxy groups -OCH3 is 2. The van der Waals surface area contributed by atoms with Gasteiger partial charge in [0.15, 0.2) is 0 Å². The number of rotatable bonds is 8. The second-order valence-electron chi connectivity index (χ2n) is 8.00. The minimum Gasteiger partial charge on any atom is -0.497 e. The van der Waals surface area contributed by atoms with E-state index in [9.17, 15) is 17.6 Å². The third-order valence-electron chi connectivity index (χ3n) is 5.67. The largest absolute Gasteiger partial charge is 0.497 e. The minimum atomic E-state index is -3.83. The zero-order chi connectivity index (χ0) is 24.2. The lowest BCUT2D eigenvalue weighted by atomic mass is 10.2. The number of halogens is 1. The molecule has 0 unspecified atom stereocenters. The Morgan fingerprint density at radius 1 is 1.03 bits per heavy atom. The zero-order valence-electron chi connectivity index (χ0n) is 19.3. The molecule has 0 aromatic heterocycles. The molecule has 0 saturated carbocycles. The number of piperazine rings is 1. The number of nitrogens with zero attached hydrogens (tertiary/aromatic N) is 3. The van der Waals surface area contributed by atoms with Crippen LogP contribution in [0.2, 0.25) is 0 Å². The molecule has 1 fully saturated rings. The van der Waals surface area contributed by atoms with Gasteiger partial charge in [0, 0.05) is 44.0 Å². The van der Waals surface area contributed by atoms with Crippen molar-refractivity contribution in [1.82, 2.24) is 9.21 Å². The Morgan fingerprint density at radius 3 is 2.21 bits per heavy atom. The topological polar surface area (TPSA) is 79.4 Å². The van der Waals surface area contributed by atoms with E-state index in [4.69, 9.17) is 9.47 Å². The normalized spacial score (nSPS) is 14.9. The molecule has 0 spiro atoms. The first kappa shape index (κ1) is 24.8. The van der Waals surface area contributed by atoms with Crippen LogP contribution in [0, 0.1) is 5.82 Å². The van der Waals surface area contributed by atoms with Crippen molar-refractivity contribution in [2.45, 2.75) is 24.8 Å². The van der Waals surface area contributed by atoms with Gasteiger partial charge in [0.05, 0.1) is 20.8 Å². The maximum Gasteiger partial charge on any atom is 0.247 e. The van der Waals surface area contributed by atoms with Gasteiger partial charge in [0.1, 0.15) is 22.2 Å². The van der Waals surface area contributed by atoms with E-state index in [0.717, 1.165) is 5.69 Å². The predicted octanol–water partition coefficient (Wildman–Crippen LogP) is 2.59. The van der Waals surface area contributed by atoms with Crippen molar-refractivity contribution >= 4 is 21.6 Å². The summed E-state index contributed by atoms with van der Waals surface area (Å²) in [5, 5.41) is 0. The molecular weight excluding hydrogens is 449 g/mol. The van der Waals surface area contributed by atoms with Crippen molar-refractivity contribution in [3.8, 4) is 11.5 Å². The quantitative estimate of drug-likeness (QED) is 0.579. The van der Waals surface area contributed by atoms with Crippen molar-refractivity contribution < 1.29 is 27.1 Å². The molecule has 0 aliphatic carbocycles. The van der Waals surface area contributed by atoms with Crippen LogP contribution in [0.4, 0.5) is 10.1 Å². The molecule has 1 aliphatic heterocycles. The first-order valence-corrected chi connectivity index (χ1v) is 12.1. The van der Waals surface area contributed by atoms with E-state index in [0.29, 0.717) is 5.75 Å². The Balaban J connectivity index is 1.68. The van der Waals surface area contributed by atoms with Crippen molar-refractivity contribution in [1.29, 1.82) is 0 Å². The molecule has 0 atom stereocenters. The van der Waals surface area contributed by atoms with Gasteiger partial charge in [-0.15, -0.1) is 0 Å². The average molecular weight is 480 g/mol. The van der Waals surface area contributed by atoms with Gasteiger partial charge < -0.3 is 19.3 Å². The van der Waals surface area contributed by atoms with Crippen LogP contribution < -0.4 is 14.4 Å². The van der Waals surface area contributed by atoms with Gasteiger partial charge >= 0.3 is 0 Å². The first-order valence-electron chi connectivity index (χ1n) is 10.7. The summed E-state index contributed by atoms with van der Waals surface area (Å²) in [6.07, 6.45) is 0. The summed E-state index contributed by atoms with van der Waals surface area (Å²) in [6.45, 7) is 4.95. The number of hydrogen-bond acceptors (Lipinski definition) is 6. The first-order chi connectivity index (χ1) is 15.7. The number of carbonyl (C=O) groups excluding carboxylic acids is 1. The van der Waals surface area contributed by atoms with E-state index in [1.165, 1.54) is 36.7 Å². The fraction of sp³-hybridized carbons (Fsp3) is 0.435. The molecule has 3 rings (SSSR count). The molecule has 2 aromatic carbocycles. The number of carbonyl (C=O) groups is 1. The number of anilines is 1. The Morgan fingerprint density at radius 2 is 1.67 bits per heavy atom. The predicted molar refractivity (Wildman–Crippen MR) is 124 cm³/mol. The number of ether oxygens (including phenoxy) is 2. The summed E-state index contributed by atoms with van der Waals surface area (Å²) < 4.78 is 51.5. The molecule has 10 heteroatoms. The van der Waals surface area contributed by atoms with Crippen molar-refractivity contribution in [2.24, 2.45) is 0 Å². The van der Waals surface area contributed by atoms with E-state index in [-0.39, 0.29) is 61.1 Å². The van der Waals surface area contributed by atoms with Crippen LogP contribution in [0.15, 0.2) is 47.4 Å². The third kappa shape index (κ3) is 5.56. The second-order valence-corrected chi connectivity index (χ2v) is 9.91. The van der Waals surface area contributed by atoms with Crippen LogP contribution in [0.1, 0.15) is 13.8 Å². The molecule has 0 N–H and O–H groups in total.